The zero-order valence-electron chi connectivity index (χ0n) is 32.3. The largest absolute Gasteiger partial charge is 0.435 e. The Kier molecular flexibility index (Phi) is 12.6. The van der Waals surface area contributed by atoms with Crippen LogP contribution in [0.15, 0.2) is 109 Å². The number of hydrogen-bond donors (Lipinski definition) is 4. The molecule has 2 aliphatic rings. The third-order valence-corrected chi connectivity index (χ3v) is 11.0. The number of likely N-dealkylation sites (N-methyl/N-ethyl adjacent to an activating group) is 2. The minimum atomic E-state index is -3.15. The van der Waals surface area contributed by atoms with Crippen molar-refractivity contribution in [2.45, 2.75) is 74.4 Å². The van der Waals surface area contributed by atoms with E-state index in [1.165, 1.54) is 62.6 Å². The molecule has 0 aliphatic carbocycles. The van der Waals surface area contributed by atoms with Crippen LogP contribution in [-0.4, -0.2) is 66.9 Å². The van der Waals surface area contributed by atoms with E-state index < -0.39 is 60.2 Å². The lowest BCUT2D eigenvalue weighted by molar-refractivity contribution is -0.142. The summed E-state index contributed by atoms with van der Waals surface area (Å²) in [5.41, 5.74) is 12.7. The molecule has 2 amide bonds. The number of carbonyl (C=O) groups is 2. The zero-order valence-corrected chi connectivity index (χ0v) is 32.3. The first kappa shape index (κ1) is 44.0. The van der Waals surface area contributed by atoms with E-state index in [4.69, 9.17) is 11.5 Å². The van der Waals surface area contributed by atoms with E-state index in [2.05, 4.69) is 20.1 Å². The van der Waals surface area contributed by atoms with Crippen LogP contribution < -0.4 is 31.6 Å². The number of ether oxygens (including phenoxy) is 2. The minimum Gasteiger partial charge on any atom is -0.435 e. The predicted molar refractivity (Wildman–Crippen MR) is 204 cm³/mol. The molecule has 18 heteroatoms. The second-order valence-corrected chi connectivity index (χ2v) is 14.5. The van der Waals surface area contributed by atoms with Crippen LogP contribution in [0.25, 0.3) is 0 Å². The average molecular weight is 847 g/mol. The van der Waals surface area contributed by atoms with Gasteiger partial charge in [-0.1, -0.05) is 72.8 Å². The highest BCUT2D eigenvalue weighted by Crippen LogP contribution is 2.48. The average Bonchev–Trinajstić information content (AvgIpc) is 3.55. The fourth-order valence-electron chi connectivity index (χ4n) is 7.99. The molecule has 2 aliphatic heterocycles. The van der Waals surface area contributed by atoms with E-state index in [0.29, 0.717) is 11.1 Å². The minimum absolute atomic E-state index is 0.0337. The predicted octanol–water partition coefficient (Wildman–Crippen LogP) is 6.73. The number of amides is 2. The number of benzene rings is 4. The molecule has 2 fully saturated rings. The second-order valence-electron chi connectivity index (χ2n) is 14.5. The Morgan fingerprint density at radius 1 is 0.650 bits per heavy atom. The number of carbonyl (C=O) groups excluding carboxylic acids is 2. The van der Waals surface area contributed by atoms with Crippen LogP contribution in [0.3, 0.4) is 0 Å². The van der Waals surface area contributed by atoms with Gasteiger partial charge in [0.15, 0.2) is 22.7 Å². The Labute approximate surface area is 340 Å². The quantitative estimate of drug-likeness (QED) is 0.0914. The first-order valence-corrected chi connectivity index (χ1v) is 18.7. The van der Waals surface area contributed by atoms with Gasteiger partial charge in [0.05, 0.1) is 0 Å². The number of alkyl halides is 6. The van der Waals surface area contributed by atoms with Gasteiger partial charge < -0.3 is 19.3 Å². The topological polar surface area (TPSA) is 135 Å². The van der Waals surface area contributed by atoms with E-state index in [-0.39, 0.29) is 65.9 Å². The van der Waals surface area contributed by atoms with Gasteiger partial charge in [-0.15, -0.1) is 0 Å². The van der Waals surface area contributed by atoms with Crippen LogP contribution in [0.5, 0.6) is 11.5 Å². The second kappa shape index (κ2) is 17.2. The molecule has 6 rings (SSSR count). The van der Waals surface area contributed by atoms with Gasteiger partial charge in [0.25, 0.3) is 17.9 Å². The highest BCUT2D eigenvalue weighted by Gasteiger charge is 2.72. The number of allylic oxidation sites excluding steroid dienone is 1. The molecule has 4 aromatic rings. The molecule has 4 atom stereocenters. The van der Waals surface area contributed by atoms with Crippen molar-refractivity contribution in [3.05, 3.63) is 143 Å². The Morgan fingerprint density at radius 3 is 1.45 bits per heavy atom. The summed E-state index contributed by atoms with van der Waals surface area (Å²) in [6.07, 6.45) is -3.55. The Morgan fingerprint density at radius 2 is 1.07 bits per heavy atom. The maximum Gasteiger partial charge on any atom is 0.387 e. The molecule has 0 aromatic heterocycles. The molecule has 0 radical (unpaired) electrons. The summed E-state index contributed by atoms with van der Waals surface area (Å²) in [4.78, 5) is 32.2. The summed E-state index contributed by atoms with van der Waals surface area (Å²) in [7, 11) is 2.67. The fourth-order valence-corrected chi connectivity index (χ4v) is 7.99. The summed E-state index contributed by atoms with van der Waals surface area (Å²) in [6, 6.07) is 23.3. The van der Waals surface area contributed by atoms with Crippen molar-refractivity contribution < 1.29 is 54.2 Å². The summed E-state index contributed by atoms with van der Waals surface area (Å²) in [5.74, 6) is -6.41. The number of halogens is 8. The SMILES string of the molecule is CN1C(=O)C(c2ccc(OC(F)F)cc2)(c2cccc(CCC=C(F)F)c2)NC1(N)C1(N)NC(c2ccc(OC(F)F)cc2)(c2cccc(CCCC(F)F)c2)C(=O)N1C. The maximum atomic E-state index is 15.0. The monoisotopic (exact) mass is 846 g/mol. The number of hydrogen-bond acceptors (Lipinski definition) is 8. The van der Waals surface area contributed by atoms with Crippen molar-refractivity contribution in [2.75, 3.05) is 14.1 Å². The summed E-state index contributed by atoms with van der Waals surface area (Å²) >= 11 is 0. The van der Waals surface area contributed by atoms with Gasteiger partial charge in [0.1, 0.15) is 11.5 Å². The third kappa shape index (κ3) is 8.03. The van der Waals surface area contributed by atoms with E-state index in [0.717, 1.165) is 15.9 Å². The molecule has 0 bridgehead atoms. The molecule has 10 nitrogen and oxygen atoms in total. The van der Waals surface area contributed by atoms with E-state index in [1.807, 2.05) is 0 Å². The van der Waals surface area contributed by atoms with E-state index >= 15 is 9.59 Å². The molecule has 4 unspecified atom stereocenters. The van der Waals surface area contributed by atoms with Crippen molar-refractivity contribution in [1.29, 1.82) is 0 Å². The van der Waals surface area contributed by atoms with E-state index in [1.54, 1.807) is 48.5 Å². The molecule has 60 heavy (non-hydrogen) atoms. The number of nitrogens with zero attached hydrogens (tertiary/aromatic N) is 2. The number of aryl methyl sites for hydroxylation is 2. The maximum absolute atomic E-state index is 15.0. The lowest BCUT2D eigenvalue weighted by Gasteiger charge is -2.48. The van der Waals surface area contributed by atoms with Crippen LogP contribution >= 0.6 is 0 Å². The summed E-state index contributed by atoms with van der Waals surface area (Å²) in [6.45, 7) is -6.30. The molecule has 6 N–H and O–H groups in total. The molecule has 320 valence electrons. The molecule has 2 saturated heterocycles. The van der Waals surface area contributed by atoms with Gasteiger partial charge in [0, 0.05) is 20.5 Å². The molecule has 0 spiro atoms. The Balaban J connectivity index is 1.51. The fraction of sp³-hybridized carbons (Fsp3) is 0.333. The smallest absolute Gasteiger partial charge is 0.387 e. The van der Waals surface area contributed by atoms with Gasteiger partial charge in [-0.05, 0) is 89.4 Å². The lowest BCUT2D eigenvalue weighted by Crippen LogP contribution is -2.85. The van der Waals surface area contributed by atoms with Gasteiger partial charge in [-0.3, -0.25) is 31.7 Å². The van der Waals surface area contributed by atoms with E-state index in [9.17, 15) is 35.1 Å². The number of rotatable bonds is 16. The van der Waals surface area contributed by atoms with Crippen molar-refractivity contribution in [3.8, 4) is 11.5 Å². The normalized spacial score (nSPS) is 24.2. The van der Waals surface area contributed by atoms with Gasteiger partial charge in [0.2, 0.25) is 6.43 Å². The van der Waals surface area contributed by atoms with Crippen LogP contribution in [0.1, 0.15) is 52.6 Å². The van der Waals surface area contributed by atoms with Crippen LogP contribution in [0.2, 0.25) is 0 Å². The summed E-state index contributed by atoms with van der Waals surface area (Å²) < 4.78 is 114. The molecular formula is C42H42F8N6O4. The van der Waals surface area contributed by atoms with Crippen LogP contribution in [-0.2, 0) is 33.5 Å². The molecular weight excluding hydrogens is 804 g/mol. The zero-order chi connectivity index (χ0) is 43.6. The Bertz CT molecular complexity index is 2210. The van der Waals surface area contributed by atoms with Crippen LogP contribution in [0.4, 0.5) is 35.1 Å². The third-order valence-electron chi connectivity index (χ3n) is 11.0. The van der Waals surface area contributed by atoms with Gasteiger partial charge in [-0.25, -0.2) is 8.78 Å². The standard InChI is InChI=1S/C42H42F8N6O4/c1-55-35(57)39(27-15-19-31(20-16-27)59-37(47)48,29-11-3-7-25(23-29)9-5-13-33(43)44)53-41(55,51)42(52)54-40(36(58)56(42)2,28-17-21-32(22-18-28)60-38(49)50)30-12-4-8-26(24-30)10-6-14-34(45)46/h3-4,7-8,11-13,15-24,34,37-38,53-54H,5-6,9-10,14,51-52H2,1-2H3. The molecule has 2 heterocycles. The van der Waals surface area contributed by atoms with Crippen molar-refractivity contribution >= 4 is 11.8 Å². The summed E-state index contributed by atoms with van der Waals surface area (Å²) in [5, 5.41) is 6.42. The Hall–Kier alpha value is -5.56. The van der Waals surface area contributed by atoms with Crippen LogP contribution in [0, 0.1) is 0 Å². The highest BCUT2D eigenvalue weighted by atomic mass is 19.3. The van der Waals surface area contributed by atoms with Gasteiger partial charge in [-0.2, -0.15) is 26.3 Å². The van der Waals surface area contributed by atoms with Gasteiger partial charge >= 0.3 is 13.2 Å². The number of nitrogens with one attached hydrogen (secondary N) is 2. The number of nitrogens with two attached hydrogens (primary N) is 2. The first-order valence-electron chi connectivity index (χ1n) is 18.7. The first-order chi connectivity index (χ1) is 28.4. The molecule has 0 saturated carbocycles. The van der Waals surface area contributed by atoms with Crippen molar-refractivity contribution in [2.24, 2.45) is 11.5 Å². The highest BCUT2D eigenvalue weighted by molar-refractivity contribution is 5.97. The lowest BCUT2D eigenvalue weighted by atomic mass is 9.81. The van der Waals surface area contributed by atoms with Crippen molar-refractivity contribution in [1.82, 2.24) is 20.4 Å². The van der Waals surface area contributed by atoms with Crippen molar-refractivity contribution in [3.63, 3.8) is 0 Å². The molecule has 4 aromatic carbocycles.